The van der Waals surface area contributed by atoms with Crippen molar-refractivity contribution in [3.8, 4) is 5.75 Å². The van der Waals surface area contributed by atoms with Crippen LogP contribution in [0, 0.1) is 13.8 Å². The van der Waals surface area contributed by atoms with Crippen LogP contribution in [-0.2, 0) is 22.6 Å². The van der Waals surface area contributed by atoms with Gasteiger partial charge in [0, 0.05) is 29.1 Å². The fourth-order valence-corrected chi connectivity index (χ4v) is 5.43. The van der Waals surface area contributed by atoms with Crippen LogP contribution in [-0.4, -0.2) is 35.4 Å². The molecule has 0 heterocycles. The third-order valence-electron chi connectivity index (χ3n) is 7.29. The van der Waals surface area contributed by atoms with Gasteiger partial charge in [0.2, 0.25) is 5.91 Å². The first-order valence-electron chi connectivity index (χ1n) is 13.6. The maximum Gasteiger partial charge on any atom is 0.261 e. The van der Waals surface area contributed by atoms with Gasteiger partial charge in [-0.05, 0) is 67.1 Å². The molecule has 2 amide bonds. The molecule has 1 saturated carbocycles. The quantitative estimate of drug-likeness (QED) is 0.285. The number of hydrogen-bond acceptors (Lipinski definition) is 3. The number of benzene rings is 3. The number of amides is 2. The van der Waals surface area contributed by atoms with Crippen LogP contribution in [0.25, 0.3) is 0 Å². The molecule has 3 aromatic carbocycles. The van der Waals surface area contributed by atoms with E-state index in [4.69, 9.17) is 27.9 Å². The number of carbonyl (C=O) groups excluding carboxylic acids is 2. The average molecular weight is 568 g/mol. The Bertz CT molecular complexity index is 1250. The molecule has 1 unspecified atom stereocenters. The Morgan fingerprint density at radius 1 is 0.949 bits per heavy atom. The van der Waals surface area contributed by atoms with Crippen molar-refractivity contribution in [2.75, 3.05) is 6.61 Å². The van der Waals surface area contributed by atoms with E-state index in [9.17, 15) is 9.59 Å². The number of ether oxygens (including phenoxy) is 1. The molecule has 0 radical (unpaired) electrons. The van der Waals surface area contributed by atoms with Gasteiger partial charge < -0.3 is 15.0 Å². The number of aryl methyl sites for hydroxylation is 2. The van der Waals surface area contributed by atoms with Crippen molar-refractivity contribution >= 4 is 35.0 Å². The number of halogens is 2. The van der Waals surface area contributed by atoms with Gasteiger partial charge in [-0.15, -0.1) is 0 Å². The van der Waals surface area contributed by atoms with Crippen molar-refractivity contribution in [3.63, 3.8) is 0 Å². The maximum absolute atomic E-state index is 13.8. The predicted molar refractivity (Wildman–Crippen MR) is 157 cm³/mol. The van der Waals surface area contributed by atoms with Crippen molar-refractivity contribution in [1.82, 2.24) is 10.2 Å². The zero-order chi connectivity index (χ0) is 27.8. The van der Waals surface area contributed by atoms with Crippen LogP contribution in [0.4, 0.5) is 0 Å². The molecule has 0 aliphatic heterocycles. The summed E-state index contributed by atoms with van der Waals surface area (Å²) in [6, 6.07) is 20.2. The molecule has 5 nitrogen and oxygen atoms in total. The highest BCUT2D eigenvalue weighted by Gasteiger charge is 2.32. The Hall–Kier alpha value is -3.02. The van der Waals surface area contributed by atoms with Crippen LogP contribution in [0.1, 0.15) is 54.4 Å². The Labute approximate surface area is 241 Å². The molecule has 0 saturated heterocycles. The number of hydrogen-bond donors (Lipinski definition) is 1. The molecule has 1 aliphatic carbocycles. The van der Waals surface area contributed by atoms with Gasteiger partial charge in [-0.3, -0.25) is 9.59 Å². The third kappa shape index (κ3) is 8.00. The normalized spacial score (nSPS) is 14.5. The third-order valence-corrected chi connectivity index (χ3v) is 8.26. The molecule has 1 aliphatic rings. The number of nitrogens with zero attached hydrogens (tertiary/aromatic N) is 1. The lowest BCUT2D eigenvalue weighted by molar-refractivity contribution is -0.143. The van der Waals surface area contributed by atoms with E-state index < -0.39 is 6.04 Å². The first-order valence-corrected chi connectivity index (χ1v) is 14.3. The molecule has 0 spiro atoms. The fraction of sp³-hybridized carbons (Fsp3) is 0.375. The molecule has 206 valence electrons. The minimum absolute atomic E-state index is 0.123. The van der Waals surface area contributed by atoms with Crippen LogP contribution in [0.2, 0.25) is 10.0 Å². The van der Waals surface area contributed by atoms with Crippen molar-refractivity contribution < 1.29 is 14.3 Å². The van der Waals surface area contributed by atoms with E-state index in [-0.39, 0.29) is 31.0 Å². The second-order valence-electron chi connectivity index (χ2n) is 10.3. The van der Waals surface area contributed by atoms with Crippen LogP contribution < -0.4 is 10.1 Å². The highest BCUT2D eigenvalue weighted by Crippen LogP contribution is 2.27. The minimum Gasteiger partial charge on any atom is -0.484 e. The van der Waals surface area contributed by atoms with Crippen molar-refractivity contribution in [2.24, 2.45) is 0 Å². The van der Waals surface area contributed by atoms with Crippen molar-refractivity contribution in [3.05, 3.63) is 99.0 Å². The first kappa shape index (κ1) is 29.0. The van der Waals surface area contributed by atoms with E-state index in [1.165, 1.54) is 6.42 Å². The average Bonchev–Trinajstić information content (AvgIpc) is 2.94. The molecule has 4 rings (SSSR count). The van der Waals surface area contributed by atoms with Crippen molar-refractivity contribution in [1.29, 1.82) is 0 Å². The summed E-state index contributed by atoms with van der Waals surface area (Å²) >= 11 is 12.8. The molecule has 0 bridgehead atoms. The lowest BCUT2D eigenvalue weighted by Crippen LogP contribution is -2.53. The van der Waals surface area contributed by atoms with Crippen LogP contribution >= 0.6 is 23.2 Å². The molecular formula is C32H36Cl2N2O3. The zero-order valence-corrected chi connectivity index (χ0v) is 24.1. The Balaban J connectivity index is 1.63. The molecule has 1 atom stereocenters. The highest BCUT2D eigenvalue weighted by atomic mass is 35.5. The number of carbonyl (C=O) groups is 2. The Morgan fingerprint density at radius 2 is 1.59 bits per heavy atom. The van der Waals surface area contributed by atoms with Crippen LogP contribution in [0.3, 0.4) is 0 Å². The smallest absolute Gasteiger partial charge is 0.261 e. The van der Waals surface area contributed by atoms with Gasteiger partial charge in [0.1, 0.15) is 11.8 Å². The molecule has 3 aromatic rings. The highest BCUT2D eigenvalue weighted by molar-refractivity contribution is 6.32. The van der Waals surface area contributed by atoms with Gasteiger partial charge in [-0.2, -0.15) is 0 Å². The fourth-order valence-electron chi connectivity index (χ4n) is 5.13. The molecule has 1 fully saturated rings. The monoisotopic (exact) mass is 566 g/mol. The summed E-state index contributed by atoms with van der Waals surface area (Å²) in [7, 11) is 0. The summed E-state index contributed by atoms with van der Waals surface area (Å²) in [5.74, 6) is 0.121. The van der Waals surface area contributed by atoms with E-state index in [1.807, 2.05) is 74.5 Å². The summed E-state index contributed by atoms with van der Waals surface area (Å²) < 4.78 is 5.95. The number of nitrogens with one attached hydrogen (secondary N) is 1. The van der Waals surface area contributed by atoms with Crippen molar-refractivity contribution in [2.45, 2.75) is 71.0 Å². The molecule has 7 heteroatoms. The molecule has 39 heavy (non-hydrogen) atoms. The van der Waals surface area contributed by atoms with Gasteiger partial charge in [0.25, 0.3) is 5.91 Å². The standard InChI is InChI=1S/C32H36Cl2N2O3/c1-22-17-27(18-23(2)31(22)34)39-21-30(37)36(20-25-13-9-10-16-28(25)33)29(19-24-11-5-3-6-12-24)32(38)35-26-14-7-4-8-15-26/h3,5-6,9-13,16-18,26,29H,4,7-8,14-15,19-21H2,1-2H3,(H,35,38). The Kier molecular flexibility index (Phi) is 10.3. The molecular weight excluding hydrogens is 531 g/mol. The summed E-state index contributed by atoms with van der Waals surface area (Å²) in [5.41, 5.74) is 3.50. The second kappa shape index (κ2) is 13.9. The van der Waals surface area contributed by atoms with Gasteiger partial charge in [0.05, 0.1) is 0 Å². The summed E-state index contributed by atoms with van der Waals surface area (Å²) in [5, 5.41) is 4.47. The summed E-state index contributed by atoms with van der Waals surface area (Å²) in [6.07, 6.45) is 5.70. The predicted octanol–water partition coefficient (Wildman–Crippen LogP) is 7.08. The molecule has 1 N–H and O–H groups in total. The second-order valence-corrected chi connectivity index (χ2v) is 11.1. The van der Waals surface area contributed by atoms with E-state index in [0.717, 1.165) is 47.9 Å². The number of rotatable bonds is 10. The SMILES string of the molecule is Cc1cc(OCC(=O)N(Cc2ccccc2Cl)C(Cc2ccccc2)C(=O)NC2CCCCC2)cc(C)c1Cl. The zero-order valence-electron chi connectivity index (χ0n) is 22.6. The summed E-state index contributed by atoms with van der Waals surface area (Å²) in [4.78, 5) is 29.3. The van der Waals surface area contributed by atoms with Gasteiger partial charge in [-0.1, -0.05) is 91.0 Å². The van der Waals surface area contributed by atoms with Gasteiger partial charge in [-0.25, -0.2) is 0 Å². The maximum atomic E-state index is 13.8. The largest absolute Gasteiger partial charge is 0.484 e. The Morgan fingerprint density at radius 3 is 2.26 bits per heavy atom. The lowest BCUT2D eigenvalue weighted by atomic mass is 9.94. The van der Waals surface area contributed by atoms with E-state index in [1.54, 1.807) is 11.0 Å². The van der Waals surface area contributed by atoms with E-state index >= 15 is 0 Å². The van der Waals surface area contributed by atoms with Gasteiger partial charge >= 0.3 is 0 Å². The lowest BCUT2D eigenvalue weighted by Gasteiger charge is -2.33. The van der Waals surface area contributed by atoms with Gasteiger partial charge in [0.15, 0.2) is 6.61 Å². The minimum atomic E-state index is -0.726. The summed E-state index contributed by atoms with van der Waals surface area (Å²) in [6.45, 7) is 3.78. The van der Waals surface area contributed by atoms with Crippen LogP contribution in [0.15, 0.2) is 66.7 Å². The van der Waals surface area contributed by atoms with Crippen LogP contribution in [0.5, 0.6) is 5.75 Å². The molecule has 0 aromatic heterocycles. The van der Waals surface area contributed by atoms with E-state index in [2.05, 4.69) is 5.32 Å². The topological polar surface area (TPSA) is 58.6 Å². The first-order chi connectivity index (χ1) is 18.8. The van der Waals surface area contributed by atoms with E-state index in [0.29, 0.717) is 22.2 Å².